The molecule has 3 aromatic carbocycles. The van der Waals surface area contributed by atoms with Crippen LogP contribution < -0.4 is 0 Å². The molecule has 0 aliphatic heterocycles. The van der Waals surface area contributed by atoms with Crippen molar-refractivity contribution in [2.75, 3.05) is 0 Å². The van der Waals surface area contributed by atoms with Gasteiger partial charge >= 0.3 is 0 Å². The van der Waals surface area contributed by atoms with Gasteiger partial charge in [-0.25, -0.2) is 8.42 Å². The average Bonchev–Trinajstić information content (AvgIpc) is 2.64. The summed E-state index contributed by atoms with van der Waals surface area (Å²) in [6.07, 6.45) is 0. The topological polar surface area (TPSA) is 34.1 Å². The molecule has 0 saturated carbocycles. The zero-order chi connectivity index (χ0) is 18.3. The molecular formula is C22H24O2S. The van der Waals surface area contributed by atoms with Crippen molar-refractivity contribution in [2.45, 2.75) is 30.9 Å². The van der Waals surface area contributed by atoms with E-state index in [-0.39, 0.29) is 5.25 Å². The summed E-state index contributed by atoms with van der Waals surface area (Å²) in [6, 6.07) is 27.7. The lowest BCUT2D eigenvalue weighted by atomic mass is 10.1. The second-order valence-electron chi connectivity index (χ2n) is 6.14. The third-order valence-corrected chi connectivity index (χ3v) is 6.02. The van der Waals surface area contributed by atoms with Gasteiger partial charge in [-0.3, -0.25) is 0 Å². The average molecular weight is 352 g/mol. The molecule has 0 saturated heterocycles. The van der Waals surface area contributed by atoms with Crippen molar-refractivity contribution in [1.82, 2.24) is 0 Å². The lowest BCUT2D eigenvalue weighted by Crippen LogP contribution is -2.13. The fourth-order valence-corrected chi connectivity index (χ4v) is 3.32. The van der Waals surface area contributed by atoms with E-state index < -0.39 is 9.84 Å². The number of benzene rings is 3. The van der Waals surface area contributed by atoms with Gasteiger partial charge in [0.05, 0.1) is 10.1 Å². The van der Waals surface area contributed by atoms with Gasteiger partial charge in [-0.2, -0.15) is 0 Å². The molecule has 0 spiro atoms. The van der Waals surface area contributed by atoms with E-state index >= 15 is 0 Å². The third kappa shape index (κ3) is 5.30. The Balaban J connectivity index is 0.000000181. The van der Waals surface area contributed by atoms with Crippen LogP contribution in [0.25, 0.3) is 11.1 Å². The second-order valence-corrected chi connectivity index (χ2v) is 8.64. The van der Waals surface area contributed by atoms with Crippen LogP contribution in [-0.2, 0) is 9.84 Å². The Kier molecular flexibility index (Phi) is 6.54. The normalized spacial score (nSPS) is 10.9. The first-order valence-electron chi connectivity index (χ1n) is 8.32. The van der Waals surface area contributed by atoms with Crippen LogP contribution in [0.1, 0.15) is 19.4 Å². The summed E-state index contributed by atoms with van der Waals surface area (Å²) in [4.78, 5) is 0.410. The van der Waals surface area contributed by atoms with Gasteiger partial charge in [-0.05, 0) is 44.0 Å². The predicted octanol–water partition coefficient (Wildman–Crippen LogP) is 5.53. The highest BCUT2D eigenvalue weighted by Crippen LogP contribution is 2.17. The second kappa shape index (κ2) is 8.63. The quantitative estimate of drug-likeness (QED) is 0.621. The maximum absolute atomic E-state index is 11.6. The number of hydrogen-bond donors (Lipinski definition) is 0. The standard InChI is InChI=1S/C12H10.C10H14O2S/c1-3-7-11(8-4-1)12-9-5-2-6-10-12;1-8(2)13(11,12)10-6-4-9(3)5-7-10/h1-10H;4-8H,1-3H3. The van der Waals surface area contributed by atoms with Gasteiger partial charge in [-0.15, -0.1) is 0 Å². The molecule has 0 aliphatic rings. The van der Waals surface area contributed by atoms with Crippen molar-refractivity contribution >= 4 is 9.84 Å². The number of rotatable bonds is 3. The maximum atomic E-state index is 11.6. The molecule has 0 radical (unpaired) electrons. The Morgan fingerprint density at radius 2 is 1.04 bits per heavy atom. The molecule has 3 rings (SSSR count). The van der Waals surface area contributed by atoms with Gasteiger partial charge in [0.1, 0.15) is 0 Å². The van der Waals surface area contributed by atoms with Crippen LogP contribution in [0.5, 0.6) is 0 Å². The summed E-state index contributed by atoms with van der Waals surface area (Å²) in [5.74, 6) is 0. The minimum absolute atomic E-state index is 0.352. The number of sulfone groups is 1. The van der Waals surface area contributed by atoms with Crippen LogP contribution >= 0.6 is 0 Å². The highest BCUT2D eigenvalue weighted by Gasteiger charge is 2.18. The highest BCUT2D eigenvalue weighted by atomic mass is 32.2. The van der Waals surface area contributed by atoms with Crippen LogP contribution in [-0.4, -0.2) is 13.7 Å². The number of hydrogen-bond acceptors (Lipinski definition) is 2. The molecule has 0 heterocycles. The molecule has 0 aliphatic carbocycles. The molecule has 0 amide bonds. The Morgan fingerprint density at radius 1 is 0.640 bits per heavy atom. The minimum Gasteiger partial charge on any atom is -0.223 e. The van der Waals surface area contributed by atoms with E-state index in [2.05, 4.69) is 48.5 Å². The van der Waals surface area contributed by atoms with E-state index in [4.69, 9.17) is 0 Å². The zero-order valence-corrected chi connectivity index (χ0v) is 15.7. The maximum Gasteiger partial charge on any atom is 0.180 e. The molecule has 0 atom stereocenters. The van der Waals surface area contributed by atoms with Crippen molar-refractivity contribution in [3.8, 4) is 11.1 Å². The van der Waals surface area contributed by atoms with Crippen LogP contribution in [0, 0.1) is 6.92 Å². The molecule has 0 fully saturated rings. The zero-order valence-electron chi connectivity index (χ0n) is 14.9. The van der Waals surface area contributed by atoms with E-state index in [0.717, 1.165) is 5.56 Å². The lowest BCUT2D eigenvalue weighted by molar-refractivity contribution is 0.587. The third-order valence-electron chi connectivity index (χ3n) is 3.85. The van der Waals surface area contributed by atoms with Crippen molar-refractivity contribution < 1.29 is 8.42 Å². The molecule has 0 N–H and O–H groups in total. The van der Waals surface area contributed by atoms with Crippen molar-refractivity contribution in [3.05, 3.63) is 90.5 Å². The van der Waals surface area contributed by atoms with Gasteiger partial charge < -0.3 is 0 Å². The van der Waals surface area contributed by atoms with Gasteiger partial charge in [0.25, 0.3) is 0 Å². The van der Waals surface area contributed by atoms with Crippen molar-refractivity contribution in [1.29, 1.82) is 0 Å². The molecule has 0 unspecified atom stereocenters. The van der Waals surface area contributed by atoms with Crippen molar-refractivity contribution in [2.24, 2.45) is 0 Å². The summed E-state index contributed by atoms with van der Waals surface area (Å²) in [6.45, 7) is 5.32. The fourth-order valence-electron chi connectivity index (χ4n) is 2.26. The summed E-state index contributed by atoms with van der Waals surface area (Å²) >= 11 is 0. The van der Waals surface area contributed by atoms with E-state index in [1.165, 1.54) is 11.1 Å². The molecule has 3 heteroatoms. The Morgan fingerprint density at radius 3 is 1.40 bits per heavy atom. The Bertz CT molecular complexity index is 829. The van der Waals surface area contributed by atoms with E-state index in [9.17, 15) is 8.42 Å². The SMILES string of the molecule is Cc1ccc(S(=O)(=O)C(C)C)cc1.c1ccc(-c2ccccc2)cc1. The molecule has 0 aromatic heterocycles. The Hall–Kier alpha value is -2.39. The van der Waals surface area contributed by atoms with Crippen LogP contribution in [0.15, 0.2) is 89.8 Å². The van der Waals surface area contributed by atoms with E-state index in [1.54, 1.807) is 26.0 Å². The first-order valence-corrected chi connectivity index (χ1v) is 9.87. The van der Waals surface area contributed by atoms with Gasteiger partial charge in [0, 0.05) is 0 Å². The van der Waals surface area contributed by atoms with E-state index in [1.807, 2.05) is 31.2 Å². The molecule has 2 nitrogen and oxygen atoms in total. The molecule has 25 heavy (non-hydrogen) atoms. The highest BCUT2D eigenvalue weighted by molar-refractivity contribution is 7.92. The molecule has 3 aromatic rings. The fraction of sp³-hybridized carbons (Fsp3) is 0.182. The van der Waals surface area contributed by atoms with Crippen LogP contribution in [0.2, 0.25) is 0 Å². The van der Waals surface area contributed by atoms with E-state index in [0.29, 0.717) is 4.90 Å². The summed E-state index contributed by atoms with van der Waals surface area (Å²) in [5.41, 5.74) is 3.62. The first kappa shape index (κ1) is 18.9. The van der Waals surface area contributed by atoms with Crippen LogP contribution in [0.3, 0.4) is 0 Å². The molecular weight excluding hydrogens is 328 g/mol. The summed E-state index contributed by atoms with van der Waals surface area (Å²) in [7, 11) is -3.09. The van der Waals surface area contributed by atoms with Gasteiger partial charge in [0.15, 0.2) is 9.84 Å². The van der Waals surface area contributed by atoms with Gasteiger partial charge in [-0.1, -0.05) is 78.4 Å². The largest absolute Gasteiger partial charge is 0.223 e. The van der Waals surface area contributed by atoms with Crippen molar-refractivity contribution in [3.63, 3.8) is 0 Å². The number of aryl methyl sites for hydroxylation is 1. The summed E-state index contributed by atoms with van der Waals surface area (Å²) < 4.78 is 23.3. The van der Waals surface area contributed by atoms with Crippen LogP contribution in [0.4, 0.5) is 0 Å². The molecule has 0 bridgehead atoms. The molecule has 130 valence electrons. The first-order chi connectivity index (χ1) is 11.9. The predicted molar refractivity (Wildman–Crippen MR) is 105 cm³/mol. The Labute approximate surface area is 151 Å². The monoisotopic (exact) mass is 352 g/mol. The summed E-state index contributed by atoms with van der Waals surface area (Å²) in [5, 5.41) is -0.352. The minimum atomic E-state index is -3.09. The lowest BCUT2D eigenvalue weighted by Gasteiger charge is -2.07. The van der Waals surface area contributed by atoms with Gasteiger partial charge in [0.2, 0.25) is 0 Å². The smallest absolute Gasteiger partial charge is 0.180 e.